The minimum atomic E-state index is -3.60. The normalized spacial score (nSPS) is 13.6. The molecule has 8 nitrogen and oxygen atoms in total. The third-order valence-electron chi connectivity index (χ3n) is 4.55. The van der Waals surface area contributed by atoms with E-state index < -0.39 is 10.0 Å². The summed E-state index contributed by atoms with van der Waals surface area (Å²) in [5, 5.41) is 5.47. The number of nitrogens with one attached hydrogen (secondary N) is 2. The molecule has 2 aromatic rings. The third-order valence-corrected chi connectivity index (χ3v) is 6.46. The van der Waals surface area contributed by atoms with Crippen LogP contribution in [0.15, 0.2) is 47.4 Å². The summed E-state index contributed by atoms with van der Waals surface area (Å²) < 4.78 is 31.5. The quantitative estimate of drug-likeness (QED) is 0.711. The maximum absolute atomic E-state index is 12.4. The molecule has 0 aliphatic carbocycles. The number of aryl methyl sites for hydroxylation is 1. The Balaban J connectivity index is 1.58. The number of rotatable bonds is 7. The molecule has 0 spiro atoms. The number of carbonyl (C=O) groups is 2. The van der Waals surface area contributed by atoms with Crippen LogP contribution in [0.5, 0.6) is 5.75 Å². The average molecular weight is 417 g/mol. The molecule has 0 fully saturated rings. The first kappa shape index (κ1) is 20.8. The SMILES string of the molecule is CN(C)S(=O)(=O)c1ccccc1CNC(=O)COc1ccc2c(c1)CCC(=O)N2. The number of amides is 2. The fraction of sp³-hybridized carbons (Fsp3) is 0.300. The molecule has 1 heterocycles. The molecule has 2 amide bonds. The van der Waals surface area contributed by atoms with Crippen LogP contribution in [0.25, 0.3) is 0 Å². The minimum absolute atomic E-state index is 0.0119. The van der Waals surface area contributed by atoms with Gasteiger partial charge in [0.05, 0.1) is 4.90 Å². The highest BCUT2D eigenvalue weighted by molar-refractivity contribution is 7.89. The zero-order valence-electron chi connectivity index (χ0n) is 16.3. The van der Waals surface area contributed by atoms with Gasteiger partial charge >= 0.3 is 0 Å². The Labute approximate surface area is 169 Å². The van der Waals surface area contributed by atoms with Gasteiger partial charge in [0.25, 0.3) is 5.91 Å². The molecule has 0 saturated heterocycles. The van der Waals surface area contributed by atoms with Crippen molar-refractivity contribution in [3.63, 3.8) is 0 Å². The van der Waals surface area contributed by atoms with Crippen LogP contribution in [0.4, 0.5) is 5.69 Å². The first-order valence-corrected chi connectivity index (χ1v) is 10.5. The Kier molecular flexibility index (Phi) is 6.19. The number of ether oxygens (including phenoxy) is 1. The molecule has 0 unspecified atom stereocenters. The molecule has 0 aromatic heterocycles. The lowest BCUT2D eigenvalue weighted by Gasteiger charge is -2.18. The van der Waals surface area contributed by atoms with Gasteiger partial charge < -0.3 is 15.4 Å². The summed E-state index contributed by atoms with van der Waals surface area (Å²) in [7, 11) is -0.681. The van der Waals surface area contributed by atoms with Crippen LogP contribution >= 0.6 is 0 Å². The summed E-state index contributed by atoms with van der Waals surface area (Å²) in [5.74, 6) is 0.154. The number of benzene rings is 2. The Hall–Kier alpha value is -2.91. The summed E-state index contributed by atoms with van der Waals surface area (Å²) in [4.78, 5) is 23.7. The fourth-order valence-corrected chi connectivity index (χ4v) is 4.06. The molecule has 2 aromatic carbocycles. The molecule has 154 valence electrons. The molecule has 0 saturated carbocycles. The van der Waals surface area contributed by atoms with Gasteiger partial charge in [0.15, 0.2) is 6.61 Å². The van der Waals surface area contributed by atoms with Crippen molar-refractivity contribution >= 4 is 27.5 Å². The molecule has 2 N–H and O–H groups in total. The van der Waals surface area contributed by atoms with Crippen LogP contribution in [-0.4, -0.2) is 45.2 Å². The first-order chi connectivity index (χ1) is 13.8. The highest BCUT2D eigenvalue weighted by atomic mass is 32.2. The van der Waals surface area contributed by atoms with Crippen molar-refractivity contribution in [2.45, 2.75) is 24.3 Å². The summed E-state index contributed by atoms with van der Waals surface area (Å²) in [6, 6.07) is 11.8. The van der Waals surface area contributed by atoms with Gasteiger partial charge in [0.1, 0.15) is 5.75 Å². The van der Waals surface area contributed by atoms with E-state index in [-0.39, 0.29) is 29.9 Å². The zero-order chi connectivity index (χ0) is 21.0. The molecule has 3 rings (SSSR count). The van der Waals surface area contributed by atoms with Crippen molar-refractivity contribution in [2.75, 3.05) is 26.0 Å². The largest absolute Gasteiger partial charge is 0.484 e. The van der Waals surface area contributed by atoms with E-state index in [2.05, 4.69) is 10.6 Å². The number of hydrogen-bond donors (Lipinski definition) is 2. The molecule has 0 bridgehead atoms. The Morgan fingerprint density at radius 2 is 1.93 bits per heavy atom. The fourth-order valence-electron chi connectivity index (χ4n) is 2.94. The van der Waals surface area contributed by atoms with E-state index in [1.54, 1.807) is 36.4 Å². The smallest absolute Gasteiger partial charge is 0.258 e. The number of anilines is 1. The van der Waals surface area contributed by atoms with E-state index in [1.165, 1.54) is 20.2 Å². The summed E-state index contributed by atoms with van der Waals surface area (Å²) in [6.45, 7) is -0.130. The predicted octanol–water partition coefficient (Wildman–Crippen LogP) is 1.52. The van der Waals surface area contributed by atoms with E-state index in [9.17, 15) is 18.0 Å². The summed E-state index contributed by atoms with van der Waals surface area (Å²) >= 11 is 0. The molecule has 0 atom stereocenters. The molecule has 9 heteroatoms. The van der Waals surface area contributed by atoms with Gasteiger partial charge in [-0.05, 0) is 41.8 Å². The molecular weight excluding hydrogens is 394 g/mol. The highest BCUT2D eigenvalue weighted by Gasteiger charge is 2.21. The number of carbonyl (C=O) groups excluding carboxylic acids is 2. The van der Waals surface area contributed by atoms with Crippen molar-refractivity contribution in [3.05, 3.63) is 53.6 Å². The van der Waals surface area contributed by atoms with Gasteiger partial charge in [0.2, 0.25) is 15.9 Å². The number of fused-ring (bicyclic) bond motifs is 1. The van der Waals surface area contributed by atoms with Crippen molar-refractivity contribution in [1.82, 2.24) is 9.62 Å². The van der Waals surface area contributed by atoms with Crippen LogP contribution in [0, 0.1) is 0 Å². The average Bonchev–Trinajstić information content (AvgIpc) is 2.70. The van der Waals surface area contributed by atoms with E-state index in [0.717, 1.165) is 15.6 Å². The second kappa shape index (κ2) is 8.62. The molecular formula is C20H23N3O5S. The highest BCUT2D eigenvalue weighted by Crippen LogP contribution is 2.26. The third kappa shape index (κ3) is 4.93. The van der Waals surface area contributed by atoms with Crippen LogP contribution in [0.3, 0.4) is 0 Å². The first-order valence-electron chi connectivity index (χ1n) is 9.10. The maximum atomic E-state index is 12.4. The lowest BCUT2D eigenvalue weighted by atomic mass is 10.0. The van der Waals surface area contributed by atoms with Crippen LogP contribution in [0.1, 0.15) is 17.5 Å². The lowest BCUT2D eigenvalue weighted by Crippen LogP contribution is -2.30. The Bertz CT molecular complexity index is 1030. The zero-order valence-corrected chi connectivity index (χ0v) is 17.1. The van der Waals surface area contributed by atoms with E-state index in [4.69, 9.17) is 4.74 Å². The summed E-state index contributed by atoms with van der Waals surface area (Å²) in [5.41, 5.74) is 2.22. The van der Waals surface area contributed by atoms with Crippen LogP contribution in [0.2, 0.25) is 0 Å². The van der Waals surface area contributed by atoms with Gasteiger partial charge in [-0.3, -0.25) is 9.59 Å². The number of hydrogen-bond acceptors (Lipinski definition) is 5. The topological polar surface area (TPSA) is 105 Å². The van der Waals surface area contributed by atoms with Crippen LogP contribution in [-0.2, 0) is 32.6 Å². The van der Waals surface area contributed by atoms with Gasteiger partial charge in [-0.2, -0.15) is 0 Å². The molecule has 1 aliphatic heterocycles. The summed E-state index contributed by atoms with van der Waals surface area (Å²) in [6.07, 6.45) is 1.05. The van der Waals surface area contributed by atoms with E-state index >= 15 is 0 Å². The standard InChI is InChI=1S/C20H23N3O5S/c1-23(2)29(26,27)18-6-4-3-5-15(18)12-21-20(25)13-28-16-8-9-17-14(11-16)7-10-19(24)22-17/h3-6,8-9,11H,7,10,12-13H2,1-2H3,(H,21,25)(H,22,24). The minimum Gasteiger partial charge on any atom is -0.484 e. The Morgan fingerprint density at radius 3 is 2.69 bits per heavy atom. The number of sulfonamides is 1. The molecule has 29 heavy (non-hydrogen) atoms. The maximum Gasteiger partial charge on any atom is 0.258 e. The van der Waals surface area contributed by atoms with Crippen LogP contribution < -0.4 is 15.4 Å². The van der Waals surface area contributed by atoms with Gasteiger partial charge in [0, 0.05) is 32.7 Å². The van der Waals surface area contributed by atoms with E-state index in [0.29, 0.717) is 24.2 Å². The van der Waals surface area contributed by atoms with E-state index in [1.807, 2.05) is 0 Å². The second-order valence-corrected chi connectivity index (χ2v) is 8.95. The lowest BCUT2D eigenvalue weighted by molar-refractivity contribution is -0.123. The predicted molar refractivity (Wildman–Crippen MR) is 108 cm³/mol. The van der Waals surface area contributed by atoms with Crippen molar-refractivity contribution in [3.8, 4) is 5.75 Å². The van der Waals surface area contributed by atoms with Gasteiger partial charge in [-0.15, -0.1) is 0 Å². The number of nitrogens with zero attached hydrogens (tertiary/aromatic N) is 1. The van der Waals surface area contributed by atoms with Gasteiger partial charge in [-0.1, -0.05) is 18.2 Å². The molecule has 0 radical (unpaired) electrons. The van der Waals surface area contributed by atoms with Gasteiger partial charge in [-0.25, -0.2) is 12.7 Å². The second-order valence-electron chi connectivity index (χ2n) is 6.83. The molecule has 1 aliphatic rings. The van der Waals surface area contributed by atoms with Crippen molar-refractivity contribution in [1.29, 1.82) is 0 Å². The van der Waals surface area contributed by atoms with Crippen molar-refractivity contribution in [2.24, 2.45) is 0 Å². The Morgan fingerprint density at radius 1 is 1.17 bits per heavy atom. The van der Waals surface area contributed by atoms with Crippen molar-refractivity contribution < 1.29 is 22.7 Å². The monoisotopic (exact) mass is 417 g/mol.